The van der Waals surface area contributed by atoms with Crippen LogP contribution in [0.1, 0.15) is 24.4 Å². The Kier molecular flexibility index (Phi) is 5.29. The molecule has 0 unspecified atom stereocenters. The maximum Gasteiger partial charge on any atom is 0.149 e. The number of ether oxygens (including phenoxy) is 1. The first-order valence-corrected chi connectivity index (χ1v) is 8.22. The average molecular weight is 331 g/mol. The van der Waals surface area contributed by atoms with Crippen molar-refractivity contribution < 1.29 is 13.5 Å². The molecule has 0 amide bonds. The molecule has 2 fully saturated rings. The minimum atomic E-state index is -0.614. The van der Waals surface area contributed by atoms with Crippen LogP contribution in [0.4, 0.5) is 8.78 Å². The molecule has 0 aliphatic carbocycles. The van der Waals surface area contributed by atoms with Crippen LogP contribution >= 0.6 is 11.6 Å². The SMILES string of the molecule is Fc1ccc(Cl)c(F)c1[C@H](C1CCOCC1)N1CCNCC1. The second-order valence-corrected chi connectivity index (χ2v) is 6.34. The largest absolute Gasteiger partial charge is 0.381 e. The molecule has 3 rings (SSSR count). The van der Waals surface area contributed by atoms with Gasteiger partial charge in [-0.15, -0.1) is 0 Å². The van der Waals surface area contributed by atoms with Crippen molar-refractivity contribution in [3.8, 4) is 0 Å². The van der Waals surface area contributed by atoms with Gasteiger partial charge >= 0.3 is 0 Å². The Morgan fingerprint density at radius 2 is 1.86 bits per heavy atom. The lowest BCUT2D eigenvalue weighted by Crippen LogP contribution is -2.48. The van der Waals surface area contributed by atoms with E-state index in [1.807, 2.05) is 0 Å². The fourth-order valence-corrected chi connectivity index (χ4v) is 3.69. The Bertz CT molecular complexity index is 499. The van der Waals surface area contributed by atoms with Crippen molar-refractivity contribution in [2.75, 3.05) is 39.4 Å². The zero-order valence-electron chi connectivity index (χ0n) is 12.5. The number of halogens is 3. The molecule has 2 aliphatic rings. The van der Waals surface area contributed by atoms with Crippen LogP contribution in [-0.2, 0) is 4.74 Å². The van der Waals surface area contributed by atoms with Crippen LogP contribution in [0, 0.1) is 17.6 Å². The minimum absolute atomic E-state index is 0.0106. The topological polar surface area (TPSA) is 24.5 Å². The molecule has 3 nitrogen and oxygen atoms in total. The summed E-state index contributed by atoms with van der Waals surface area (Å²) >= 11 is 5.91. The first-order chi connectivity index (χ1) is 10.7. The Morgan fingerprint density at radius 3 is 2.55 bits per heavy atom. The molecule has 2 aliphatic heterocycles. The highest BCUT2D eigenvalue weighted by Crippen LogP contribution is 2.39. The molecule has 0 spiro atoms. The molecule has 0 saturated carbocycles. The van der Waals surface area contributed by atoms with Crippen LogP contribution in [0.25, 0.3) is 0 Å². The van der Waals surface area contributed by atoms with Crippen molar-refractivity contribution in [1.82, 2.24) is 10.2 Å². The van der Waals surface area contributed by atoms with Crippen LogP contribution in [0.5, 0.6) is 0 Å². The number of nitrogens with zero attached hydrogens (tertiary/aromatic N) is 1. The van der Waals surface area contributed by atoms with E-state index < -0.39 is 11.6 Å². The monoisotopic (exact) mass is 330 g/mol. The van der Waals surface area contributed by atoms with E-state index in [-0.39, 0.29) is 22.5 Å². The molecule has 1 aromatic carbocycles. The second kappa shape index (κ2) is 7.21. The lowest BCUT2D eigenvalue weighted by Gasteiger charge is -2.41. The summed E-state index contributed by atoms with van der Waals surface area (Å²) in [7, 11) is 0. The van der Waals surface area contributed by atoms with Gasteiger partial charge in [0.15, 0.2) is 0 Å². The van der Waals surface area contributed by atoms with E-state index in [4.69, 9.17) is 16.3 Å². The number of piperazine rings is 1. The molecule has 1 aromatic rings. The lowest BCUT2D eigenvalue weighted by atomic mass is 9.85. The Labute approximate surface area is 134 Å². The van der Waals surface area contributed by atoms with E-state index in [0.29, 0.717) is 13.2 Å². The summed E-state index contributed by atoms with van der Waals surface area (Å²) in [5.74, 6) is -0.928. The Morgan fingerprint density at radius 1 is 1.18 bits per heavy atom. The van der Waals surface area contributed by atoms with Gasteiger partial charge in [-0.05, 0) is 30.9 Å². The summed E-state index contributed by atoms with van der Waals surface area (Å²) in [5.41, 5.74) is 0.126. The molecule has 22 heavy (non-hydrogen) atoms. The van der Waals surface area contributed by atoms with E-state index in [1.165, 1.54) is 12.1 Å². The van der Waals surface area contributed by atoms with E-state index in [9.17, 15) is 8.78 Å². The molecule has 2 heterocycles. The maximum absolute atomic E-state index is 14.6. The highest BCUT2D eigenvalue weighted by molar-refractivity contribution is 6.30. The molecule has 6 heteroatoms. The molecule has 1 N–H and O–H groups in total. The Hall–Kier alpha value is -0.750. The highest BCUT2D eigenvalue weighted by Gasteiger charge is 2.35. The third-order valence-corrected chi connectivity index (χ3v) is 4.92. The molecule has 0 aromatic heterocycles. The summed E-state index contributed by atoms with van der Waals surface area (Å²) < 4.78 is 34.4. The van der Waals surface area contributed by atoms with Crippen LogP contribution in [0.2, 0.25) is 5.02 Å². The van der Waals surface area contributed by atoms with Crippen molar-refractivity contribution in [2.24, 2.45) is 5.92 Å². The number of nitrogens with one attached hydrogen (secondary N) is 1. The standard InChI is InChI=1S/C16H21ClF2N2O/c17-12-1-2-13(18)14(15(12)19)16(11-3-9-22-10-4-11)21-7-5-20-6-8-21/h1-2,11,16,20H,3-10H2/t16-/m0/s1. The predicted octanol–water partition coefficient (Wildman–Crippen LogP) is 2.99. The van der Waals surface area contributed by atoms with Gasteiger partial charge in [-0.1, -0.05) is 11.6 Å². The van der Waals surface area contributed by atoms with Gasteiger partial charge in [-0.2, -0.15) is 0 Å². The molecule has 0 radical (unpaired) electrons. The smallest absolute Gasteiger partial charge is 0.149 e. The van der Waals surface area contributed by atoms with Gasteiger partial charge in [0.1, 0.15) is 11.6 Å². The minimum Gasteiger partial charge on any atom is -0.381 e. The quantitative estimate of drug-likeness (QED) is 0.862. The maximum atomic E-state index is 14.6. The first kappa shape index (κ1) is 16.1. The normalized spacial score (nSPS) is 22.7. The fraction of sp³-hybridized carbons (Fsp3) is 0.625. The summed E-state index contributed by atoms with van der Waals surface area (Å²) in [6.07, 6.45) is 1.64. The van der Waals surface area contributed by atoms with E-state index in [2.05, 4.69) is 10.2 Å². The van der Waals surface area contributed by atoms with Crippen molar-refractivity contribution in [1.29, 1.82) is 0 Å². The van der Waals surface area contributed by atoms with Crippen molar-refractivity contribution in [3.63, 3.8) is 0 Å². The van der Waals surface area contributed by atoms with Gasteiger partial charge in [0.2, 0.25) is 0 Å². The van der Waals surface area contributed by atoms with Crippen molar-refractivity contribution in [2.45, 2.75) is 18.9 Å². The predicted molar refractivity (Wildman–Crippen MR) is 82.1 cm³/mol. The molecule has 2 saturated heterocycles. The summed E-state index contributed by atoms with van der Waals surface area (Å²) in [6, 6.07) is 2.29. The van der Waals surface area contributed by atoms with Crippen LogP contribution in [-0.4, -0.2) is 44.3 Å². The van der Waals surface area contributed by atoms with Gasteiger partial charge < -0.3 is 10.1 Å². The van der Waals surface area contributed by atoms with E-state index in [1.54, 1.807) is 0 Å². The van der Waals surface area contributed by atoms with Gasteiger partial charge in [-0.25, -0.2) is 8.78 Å². The molecular formula is C16H21ClF2N2O. The molecular weight excluding hydrogens is 310 g/mol. The third-order valence-electron chi connectivity index (χ3n) is 4.63. The van der Waals surface area contributed by atoms with Gasteiger partial charge in [0, 0.05) is 51.0 Å². The number of benzene rings is 1. The van der Waals surface area contributed by atoms with E-state index in [0.717, 1.165) is 39.0 Å². The zero-order chi connectivity index (χ0) is 15.5. The Balaban J connectivity index is 1.98. The summed E-state index contributed by atoms with van der Waals surface area (Å²) in [6.45, 7) is 4.54. The van der Waals surface area contributed by atoms with Gasteiger partial charge in [0.25, 0.3) is 0 Å². The number of rotatable bonds is 3. The number of hydrogen-bond acceptors (Lipinski definition) is 3. The van der Waals surface area contributed by atoms with Crippen LogP contribution in [0.15, 0.2) is 12.1 Å². The van der Waals surface area contributed by atoms with Crippen LogP contribution in [0.3, 0.4) is 0 Å². The van der Waals surface area contributed by atoms with Crippen molar-refractivity contribution in [3.05, 3.63) is 34.4 Å². The molecule has 0 bridgehead atoms. The highest BCUT2D eigenvalue weighted by atomic mass is 35.5. The number of hydrogen-bond donors (Lipinski definition) is 1. The second-order valence-electron chi connectivity index (χ2n) is 5.94. The molecule has 1 atom stereocenters. The van der Waals surface area contributed by atoms with Crippen LogP contribution < -0.4 is 5.32 Å². The van der Waals surface area contributed by atoms with Gasteiger partial charge in [0.05, 0.1) is 5.02 Å². The lowest BCUT2D eigenvalue weighted by molar-refractivity contribution is 0.0192. The van der Waals surface area contributed by atoms with Crippen molar-refractivity contribution >= 4 is 11.6 Å². The molecule has 122 valence electrons. The average Bonchev–Trinajstić information content (AvgIpc) is 2.57. The zero-order valence-corrected chi connectivity index (χ0v) is 13.2. The first-order valence-electron chi connectivity index (χ1n) is 7.84. The van der Waals surface area contributed by atoms with Gasteiger partial charge in [-0.3, -0.25) is 4.90 Å². The fourth-order valence-electron chi connectivity index (χ4n) is 3.52. The summed E-state index contributed by atoms with van der Waals surface area (Å²) in [5, 5.41) is 3.27. The summed E-state index contributed by atoms with van der Waals surface area (Å²) in [4.78, 5) is 2.18. The third kappa shape index (κ3) is 3.27. The van der Waals surface area contributed by atoms with E-state index >= 15 is 0 Å².